The van der Waals surface area contributed by atoms with Crippen molar-refractivity contribution in [1.82, 2.24) is 14.8 Å². The van der Waals surface area contributed by atoms with Crippen molar-refractivity contribution in [1.29, 1.82) is 0 Å². The van der Waals surface area contributed by atoms with Gasteiger partial charge in [-0.25, -0.2) is 9.67 Å². The Bertz CT molecular complexity index is 537. The summed E-state index contributed by atoms with van der Waals surface area (Å²) in [5.74, 6) is -0.638. The molecule has 0 fully saturated rings. The second kappa shape index (κ2) is 3.60. The van der Waals surface area contributed by atoms with Gasteiger partial charge in [-0.3, -0.25) is 4.79 Å². The third-order valence-electron chi connectivity index (χ3n) is 2.19. The van der Waals surface area contributed by atoms with Gasteiger partial charge in [0.25, 0.3) is 5.91 Å². The van der Waals surface area contributed by atoms with Crippen LogP contribution in [0.25, 0.3) is 5.13 Å². The van der Waals surface area contributed by atoms with Gasteiger partial charge in [-0.2, -0.15) is 5.10 Å². The van der Waals surface area contributed by atoms with E-state index < -0.39 is 5.91 Å². The van der Waals surface area contributed by atoms with Crippen LogP contribution < -0.4 is 11.5 Å². The van der Waals surface area contributed by atoms with E-state index in [1.165, 1.54) is 22.2 Å². The molecule has 0 radical (unpaired) electrons. The van der Waals surface area contributed by atoms with Crippen molar-refractivity contribution in [3.8, 4) is 5.13 Å². The van der Waals surface area contributed by atoms with Gasteiger partial charge >= 0.3 is 0 Å². The minimum atomic E-state index is -0.638. The third kappa shape index (κ3) is 1.65. The molecule has 0 spiro atoms. The number of nitrogens with zero attached hydrogens (tertiary/aromatic N) is 3. The number of thiazole rings is 1. The summed E-state index contributed by atoms with van der Waals surface area (Å²) in [5.41, 5.74) is 12.0. The fraction of sp³-hybridized carbons (Fsp3) is 0.222. The number of rotatable bonds is 2. The second-order valence-corrected chi connectivity index (χ2v) is 4.56. The van der Waals surface area contributed by atoms with Crippen LogP contribution in [-0.4, -0.2) is 20.7 Å². The lowest BCUT2D eigenvalue weighted by Gasteiger charge is -1.91. The van der Waals surface area contributed by atoms with Gasteiger partial charge in [0.2, 0.25) is 5.13 Å². The summed E-state index contributed by atoms with van der Waals surface area (Å²) in [7, 11) is 0. The molecule has 16 heavy (non-hydrogen) atoms. The molecular formula is C9H11N5OS. The van der Waals surface area contributed by atoms with Crippen LogP contribution in [0.1, 0.15) is 21.1 Å². The number of anilines is 1. The van der Waals surface area contributed by atoms with Crippen molar-refractivity contribution in [2.24, 2.45) is 5.73 Å². The lowest BCUT2D eigenvalue weighted by molar-refractivity contribution is 0.0996. The van der Waals surface area contributed by atoms with E-state index in [4.69, 9.17) is 11.5 Å². The molecule has 0 aliphatic heterocycles. The van der Waals surface area contributed by atoms with Crippen LogP contribution in [0.2, 0.25) is 0 Å². The number of carbonyl (C=O) groups excluding carboxylic acids is 1. The molecule has 4 N–H and O–H groups in total. The number of carbonyl (C=O) groups is 1. The van der Waals surface area contributed by atoms with Crippen LogP contribution in [0.5, 0.6) is 0 Å². The van der Waals surface area contributed by atoms with Gasteiger partial charge in [-0.15, -0.1) is 0 Å². The normalized spacial score (nSPS) is 10.6. The smallest absolute Gasteiger partial charge is 0.271 e. The van der Waals surface area contributed by atoms with Crippen LogP contribution in [0.3, 0.4) is 0 Å². The molecule has 1 amide bonds. The summed E-state index contributed by atoms with van der Waals surface area (Å²) in [6.07, 6.45) is 1.54. The maximum Gasteiger partial charge on any atom is 0.271 e. The SMILES string of the molecule is Cc1nc(-n2cc(N)c(C(N)=O)n2)sc1C. The first kappa shape index (κ1) is 10.6. The first-order valence-electron chi connectivity index (χ1n) is 4.58. The van der Waals surface area contributed by atoms with Crippen molar-refractivity contribution < 1.29 is 4.79 Å². The number of nitrogens with two attached hydrogens (primary N) is 2. The summed E-state index contributed by atoms with van der Waals surface area (Å²) in [6.45, 7) is 3.88. The second-order valence-electron chi connectivity index (χ2n) is 3.38. The zero-order valence-electron chi connectivity index (χ0n) is 8.89. The van der Waals surface area contributed by atoms with Gasteiger partial charge in [0.15, 0.2) is 5.69 Å². The Morgan fingerprint density at radius 3 is 2.62 bits per heavy atom. The molecule has 2 aromatic rings. The molecule has 2 aromatic heterocycles. The molecule has 0 unspecified atom stereocenters. The van der Waals surface area contributed by atoms with Gasteiger partial charge in [-0.1, -0.05) is 11.3 Å². The highest BCUT2D eigenvalue weighted by Gasteiger charge is 2.14. The quantitative estimate of drug-likeness (QED) is 0.799. The highest BCUT2D eigenvalue weighted by molar-refractivity contribution is 7.14. The minimum Gasteiger partial charge on any atom is -0.396 e. The maximum absolute atomic E-state index is 11.0. The van der Waals surface area contributed by atoms with Crippen molar-refractivity contribution in [3.63, 3.8) is 0 Å². The van der Waals surface area contributed by atoms with Crippen molar-refractivity contribution in [2.75, 3.05) is 5.73 Å². The monoisotopic (exact) mass is 237 g/mol. The molecule has 6 nitrogen and oxygen atoms in total. The van der Waals surface area contributed by atoms with Crippen molar-refractivity contribution in [3.05, 3.63) is 22.5 Å². The van der Waals surface area contributed by atoms with Crippen molar-refractivity contribution >= 4 is 22.9 Å². The van der Waals surface area contributed by atoms with E-state index in [0.29, 0.717) is 5.13 Å². The lowest BCUT2D eigenvalue weighted by atomic mass is 10.4. The Labute approximate surface area is 95.9 Å². The van der Waals surface area contributed by atoms with Gasteiger partial charge in [0, 0.05) is 4.88 Å². The Hall–Kier alpha value is -1.89. The maximum atomic E-state index is 11.0. The third-order valence-corrected chi connectivity index (χ3v) is 3.25. The molecule has 0 saturated carbocycles. The number of amides is 1. The molecular weight excluding hydrogens is 226 g/mol. The fourth-order valence-electron chi connectivity index (χ4n) is 1.23. The number of primary amides is 1. The van der Waals surface area contributed by atoms with Crippen LogP contribution >= 0.6 is 11.3 Å². The lowest BCUT2D eigenvalue weighted by Crippen LogP contribution is -2.13. The van der Waals surface area contributed by atoms with E-state index in [-0.39, 0.29) is 11.4 Å². The molecule has 7 heteroatoms. The number of aromatic nitrogens is 3. The van der Waals surface area contributed by atoms with E-state index >= 15 is 0 Å². The molecule has 0 saturated heterocycles. The van der Waals surface area contributed by atoms with Crippen LogP contribution in [0.15, 0.2) is 6.20 Å². The summed E-state index contributed by atoms with van der Waals surface area (Å²) in [4.78, 5) is 16.4. The highest BCUT2D eigenvalue weighted by Crippen LogP contribution is 2.21. The predicted octanol–water partition coefficient (Wildman–Crippen LogP) is 0.627. The number of hydrogen-bond acceptors (Lipinski definition) is 5. The molecule has 0 aromatic carbocycles. The molecule has 0 aliphatic rings. The van der Waals surface area contributed by atoms with Crippen LogP contribution in [0, 0.1) is 13.8 Å². The van der Waals surface area contributed by atoms with Crippen LogP contribution in [-0.2, 0) is 0 Å². The number of hydrogen-bond donors (Lipinski definition) is 2. The van der Waals surface area contributed by atoms with Gasteiger partial charge < -0.3 is 11.5 Å². The zero-order chi connectivity index (χ0) is 11.9. The van der Waals surface area contributed by atoms with E-state index in [1.807, 2.05) is 13.8 Å². The minimum absolute atomic E-state index is 0.0745. The Morgan fingerprint density at radius 2 is 2.19 bits per heavy atom. The van der Waals surface area contributed by atoms with Gasteiger partial charge in [-0.05, 0) is 13.8 Å². The Morgan fingerprint density at radius 1 is 1.50 bits per heavy atom. The first-order chi connectivity index (χ1) is 7.49. The van der Waals surface area contributed by atoms with Crippen LogP contribution in [0.4, 0.5) is 5.69 Å². The zero-order valence-corrected chi connectivity index (χ0v) is 9.71. The summed E-state index contributed by atoms with van der Waals surface area (Å²) < 4.78 is 1.47. The molecule has 2 heterocycles. The first-order valence-corrected chi connectivity index (χ1v) is 5.40. The van der Waals surface area contributed by atoms with E-state index in [2.05, 4.69) is 10.1 Å². The highest BCUT2D eigenvalue weighted by atomic mass is 32.1. The summed E-state index contributed by atoms with van der Waals surface area (Å²) >= 11 is 1.48. The molecule has 0 aliphatic carbocycles. The van der Waals surface area contributed by atoms with Gasteiger partial charge in [0.1, 0.15) is 0 Å². The summed E-state index contributed by atoms with van der Waals surface area (Å²) in [6, 6.07) is 0. The van der Waals surface area contributed by atoms with E-state index in [1.54, 1.807) is 0 Å². The Kier molecular flexibility index (Phi) is 2.39. The molecule has 0 atom stereocenters. The molecule has 84 valence electrons. The van der Waals surface area contributed by atoms with Crippen molar-refractivity contribution in [2.45, 2.75) is 13.8 Å². The summed E-state index contributed by atoms with van der Waals surface area (Å²) in [5, 5.41) is 4.67. The fourth-order valence-corrected chi connectivity index (χ4v) is 2.07. The largest absolute Gasteiger partial charge is 0.396 e. The number of nitrogen functional groups attached to an aromatic ring is 1. The molecule has 2 rings (SSSR count). The molecule has 0 bridgehead atoms. The topological polar surface area (TPSA) is 99.8 Å². The van der Waals surface area contributed by atoms with Gasteiger partial charge in [0.05, 0.1) is 17.6 Å². The average molecular weight is 237 g/mol. The standard InChI is InChI=1S/C9H11N5OS/c1-4-5(2)16-9(12-4)14-3-6(10)7(13-14)8(11)15/h3H,10H2,1-2H3,(H2,11,15). The number of aryl methyl sites for hydroxylation is 2. The average Bonchev–Trinajstić information content (AvgIpc) is 2.71. The Balaban J connectivity index is 2.49. The predicted molar refractivity (Wildman–Crippen MR) is 61.6 cm³/mol. The van der Waals surface area contributed by atoms with E-state index in [9.17, 15) is 4.79 Å². The van der Waals surface area contributed by atoms with E-state index in [0.717, 1.165) is 10.6 Å².